The summed E-state index contributed by atoms with van der Waals surface area (Å²) in [4.78, 5) is 4.86. The number of hydrogen-bond acceptors (Lipinski definition) is 5. The SMILES string of the molecule is CC(C)(C)c1ccc(N(c2ccc3cc4c(cc3c2)oc2cc3cc(N(c5ccc(C(C)(C)C)cc5)c5ccc6sccc6c5-c5ccccc5)ccc3cc24)c2ccc3sccc3c2-c2ccccc2)cc1. The fourth-order valence-corrected chi connectivity index (χ4v) is 12.4. The van der Waals surface area contributed by atoms with Crippen LogP contribution in [-0.4, -0.2) is 0 Å². The molecular weight excluding hydrogens is 925 g/mol. The Hall–Kier alpha value is -7.96. The van der Waals surface area contributed by atoms with Crippen LogP contribution in [0.3, 0.4) is 0 Å². The zero-order valence-electron chi connectivity index (χ0n) is 41.9. The molecule has 5 heteroatoms. The van der Waals surface area contributed by atoms with Crippen molar-refractivity contribution in [3.8, 4) is 22.3 Å². The Labute approximate surface area is 434 Å². The third-order valence-electron chi connectivity index (χ3n) is 14.7. The maximum absolute atomic E-state index is 6.91. The molecule has 0 bridgehead atoms. The Bertz CT molecular complexity index is 3930. The van der Waals surface area contributed by atoms with Crippen molar-refractivity contribution in [1.29, 1.82) is 0 Å². The molecule has 0 radical (unpaired) electrons. The molecule has 3 aromatic heterocycles. The Kier molecular flexibility index (Phi) is 10.7. The van der Waals surface area contributed by atoms with Gasteiger partial charge < -0.3 is 14.2 Å². The topological polar surface area (TPSA) is 19.6 Å². The molecule has 13 aromatic rings. The molecule has 0 spiro atoms. The highest BCUT2D eigenvalue weighted by Crippen LogP contribution is 2.49. The molecule has 10 aromatic carbocycles. The Balaban J connectivity index is 0.948. The lowest BCUT2D eigenvalue weighted by Crippen LogP contribution is -2.14. The van der Waals surface area contributed by atoms with Gasteiger partial charge in [-0.1, -0.05) is 139 Å². The van der Waals surface area contributed by atoms with Crippen LogP contribution in [0.4, 0.5) is 34.1 Å². The molecule has 0 N–H and O–H groups in total. The molecule has 0 aliphatic heterocycles. The normalized spacial score (nSPS) is 12.2. The van der Waals surface area contributed by atoms with E-state index < -0.39 is 0 Å². The van der Waals surface area contributed by atoms with E-state index in [4.69, 9.17) is 4.42 Å². The number of hydrogen-bond donors (Lipinski definition) is 0. The van der Waals surface area contributed by atoms with Crippen molar-refractivity contribution < 1.29 is 4.42 Å². The molecule has 0 aliphatic rings. The quantitative estimate of drug-likeness (QED) is 0.151. The highest BCUT2D eigenvalue weighted by Gasteiger charge is 2.24. The minimum absolute atomic E-state index is 0.0363. The van der Waals surface area contributed by atoms with Crippen LogP contribution in [0.5, 0.6) is 0 Å². The first-order valence-corrected chi connectivity index (χ1v) is 27.0. The van der Waals surface area contributed by atoms with E-state index in [2.05, 4.69) is 268 Å². The van der Waals surface area contributed by atoms with Gasteiger partial charge in [0.25, 0.3) is 0 Å². The third-order valence-corrected chi connectivity index (χ3v) is 16.5. The van der Waals surface area contributed by atoms with E-state index in [9.17, 15) is 0 Å². The molecule has 0 atom stereocenters. The van der Waals surface area contributed by atoms with E-state index in [0.717, 1.165) is 66.8 Å². The van der Waals surface area contributed by atoms with Crippen LogP contribution < -0.4 is 9.80 Å². The van der Waals surface area contributed by atoms with Crippen LogP contribution in [0.25, 0.3) is 85.9 Å². The van der Waals surface area contributed by atoms with Crippen LogP contribution in [0, 0.1) is 0 Å². The van der Waals surface area contributed by atoms with Crippen molar-refractivity contribution in [1.82, 2.24) is 0 Å². The lowest BCUT2D eigenvalue weighted by molar-refractivity contribution is 0.590. The average Bonchev–Trinajstić information content (AvgIpc) is 4.17. The standard InChI is InChI=1S/C68H54N2OS2/c1-67(2,3)49-19-25-51(26-20-49)69(59-29-31-63-55(33-35-72-63)65(59)43-13-9-7-10-14-43)53-23-17-45-39-57-58-40-46-18-24-54(38-48(46)42-62(58)71-61(57)41-47(45)37-53)70(52-27-21-50(22-28-52)68(4,5)6)60-30-32-64-56(34-36-73-64)66(60)44-15-11-8-12-16-44/h7-42H,1-6H3. The molecule has 0 saturated carbocycles. The van der Waals surface area contributed by atoms with Gasteiger partial charge in [0, 0.05) is 64.8 Å². The summed E-state index contributed by atoms with van der Waals surface area (Å²) in [5.74, 6) is 0. The molecule has 354 valence electrons. The van der Waals surface area contributed by atoms with Crippen LogP contribution >= 0.6 is 22.7 Å². The highest BCUT2D eigenvalue weighted by atomic mass is 32.1. The van der Waals surface area contributed by atoms with Crippen LogP contribution in [0.1, 0.15) is 52.7 Å². The second-order valence-corrected chi connectivity index (χ2v) is 23.3. The third kappa shape index (κ3) is 7.95. The maximum atomic E-state index is 6.91. The number of furan rings is 1. The van der Waals surface area contributed by atoms with Gasteiger partial charge in [-0.2, -0.15) is 0 Å². The lowest BCUT2D eigenvalue weighted by Gasteiger charge is -2.29. The summed E-state index contributed by atoms with van der Waals surface area (Å²) in [5, 5.41) is 13.7. The fraction of sp³-hybridized carbons (Fsp3) is 0.118. The van der Waals surface area contributed by atoms with E-state index in [0.29, 0.717) is 0 Å². The molecule has 3 nitrogen and oxygen atoms in total. The van der Waals surface area contributed by atoms with Crippen LogP contribution in [0.2, 0.25) is 0 Å². The van der Waals surface area contributed by atoms with Crippen molar-refractivity contribution in [2.75, 3.05) is 9.80 Å². The van der Waals surface area contributed by atoms with Gasteiger partial charge in [0.1, 0.15) is 11.2 Å². The van der Waals surface area contributed by atoms with Gasteiger partial charge in [0.15, 0.2) is 0 Å². The zero-order chi connectivity index (χ0) is 49.6. The van der Waals surface area contributed by atoms with E-state index in [1.807, 2.05) is 0 Å². The second-order valence-electron chi connectivity index (χ2n) is 21.4. The van der Waals surface area contributed by atoms with Gasteiger partial charge in [0.2, 0.25) is 0 Å². The van der Waals surface area contributed by atoms with E-state index in [-0.39, 0.29) is 10.8 Å². The van der Waals surface area contributed by atoms with Gasteiger partial charge in [-0.05, 0) is 175 Å². The second kappa shape index (κ2) is 17.4. The van der Waals surface area contributed by atoms with Crippen molar-refractivity contribution in [3.63, 3.8) is 0 Å². The van der Waals surface area contributed by atoms with Gasteiger partial charge >= 0.3 is 0 Å². The first-order valence-electron chi connectivity index (χ1n) is 25.2. The first-order chi connectivity index (χ1) is 35.4. The fourth-order valence-electron chi connectivity index (χ4n) is 10.8. The molecule has 13 rings (SSSR count). The molecular formula is C68H54N2OS2. The smallest absolute Gasteiger partial charge is 0.136 e. The molecule has 0 amide bonds. The number of fused-ring (bicyclic) bond motifs is 7. The van der Waals surface area contributed by atoms with Crippen molar-refractivity contribution >= 4 is 120 Å². The molecule has 3 heterocycles. The van der Waals surface area contributed by atoms with Gasteiger partial charge in [-0.15, -0.1) is 22.7 Å². The average molecular weight is 979 g/mol. The van der Waals surface area contributed by atoms with Crippen molar-refractivity contribution in [2.45, 2.75) is 52.4 Å². The van der Waals surface area contributed by atoms with Gasteiger partial charge in [-0.3, -0.25) is 0 Å². The van der Waals surface area contributed by atoms with Crippen LogP contribution in [-0.2, 0) is 10.8 Å². The molecule has 0 saturated heterocycles. The largest absolute Gasteiger partial charge is 0.456 e. The van der Waals surface area contributed by atoms with Crippen molar-refractivity contribution in [2.24, 2.45) is 0 Å². The van der Waals surface area contributed by atoms with E-state index in [1.54, 1.807) is 22.7 Å². The minimum atomic E-state index is 0.0363. The van der Waals surface area contributed by atoms with Gasteiger partial charge in [-0.25, -0.2) is 0 Å². The summed E-state index contributed by atoms with van der Waals surface area (Å²) < 4.78 is 9.46. The Morgan fingerprint density at radius 2 is 0.740 bits per heavy atom. The molecule has 0 unspecified atom stereocenters. The Morgan fingerprint density at radius 3 is 1.14 bits per heavy atom. The number of rotatable bonds is 8. The number of nitrogens with zero attached hydrogens (tertiary/aromatic N) is 2. The molecule has 73 heavy (non-hydrogen) atoms. The lowest BCUT2D eigenvalue weighted by atomic mass is 9.87. The number of benzene rings is 10. The predicted octanol–water partition coefficient (Wildman–Crippen LogP) is 21.2. The minimum Gasteiger partial charge on any atom is -0.456 e. The van der Waals surface area contributed by atoms with Crippen LogP contribution in [0.15, 0.2) is 221 Å². The zero-order valence-corrected chi connectivity index (χ0v) is 43.5. The summed E-state index contributed by atoms with van der Waals surface area (Å²) in [6.45, 7) is 13.6. The Morgan fingerprint density at radius 1 is 0.342 bits per heavy atom. The van der Waals surface area contributed by atoms with E-state index in [1.165, 1.54) is 64.3 Å². The summed E-state index contributed by atoms with van der Waals surface area (Å²) in [5.41, 5.74) is 15.9. The first kappa shape index (κ1) is 44.9. The summed E-state index contributed by atoms with van der Waals surface area (Å²) in [7, 11) is 0. The predicted molar refractivity (Wildman–Crippen MR) is 317 cm³/mol. The monoisotopic (exact) mass is 978 g/mol. The van der Waals surface area contributed by atoms with Crippen molar-refractivity contribution in [3.05, 3.63) is 228 Å². The number of anilines is 6. The maximum Gasteiger partial charge on any atom is 0.136 e. The molecule has 0 aliphatic carbocycles. The van der Waals surface area contributed by atoms with E-state index >= 15 is 0 Å². The summed E-state index contributed by atoms with van der Waals surface area (Å²) in [6, 6.07) is 76.5. The highest BCUT2D eigenvalue weighted by molar-refractivity contribution is 7.17. The molecule has 0 fully saturated rings. The van der Waals surface area contributed by atoms with Gasteiger partial charge in [0.05, 0.1) is 11.4 Å². The summed E-state index contributed by atoms with van der Waals surface area (Å²) in [6.07, 6.45) is 0. The summed E-state index contributed by atoms with van der Waals surface area (Å²) >= 11 is 3.58. The number of thiophene rings is 2.